The maximum Gasteiger partial charge on any atom is 0.0830 e. The lowest BCUT2D eigenvalue weighted by atomic mass is 9.81. The van der Waals surface area contributed by atoms with E-state index in [1.807, 2.05) is 12.1 Å². The van der Waals surface area contributed by atoms with Crippen molar-refractivity contribution in [2.45, 2.75) is 52.1 Å². The molecule has 0 amide bonds. The number of aliphatic hydroxyl groups is 1. The summed E-state index contributed by atoms with van der Waals surface area (Å²) in [7, 11) is 0. The lowest BCUT2D eigenvalue weighted by Gasteiger charge is -2.24. The van der Waals surface area contributed by atoms with Gasteiger partial charge in [0, 0.05) is 6.42 Å². The summed E-state index contributed by atoms with van der Waals surface area (Å²) in [6.07, 6.45) is 1.34. The van der Waals surface area contributed by atoms with E-state index in [0.29, 0.717) is 6.42 Å². The summed E-state index contributed by atoms with van der Waals surface area (Å²) in [6.45, 7) is 8.81. The highest BCUT2D eigenvalue weighted by Gasteiger charge is 2.18. The molecule has 0 saturated carbocycles. The number of rotatable bonds is 5. The van der Waals surface area contributed by atoms with Crippen molar-refractivity contribution in [2.75, 3.05) is 0 Å². The molecule has 1 unspecified atom stereocenters. The first-order valence-corrected chi connectivity index (χ1v) is 7.77. The van der Waals surface area contributed by atoms with Gasteiger partial charge in [0.25, 0.3) is 0 Å². The van der Waals surface area contributed by atoms with Crippen LogP contribution in [0.25, 0.3) is 0 Å². The van der Waals surface area contributed by atoms with Crippen LogP contribution in [0.4, 0.5) is 0 Å². The average Bonchev–Trinajstić information content (AvgIpc) is 2.49. The van der Waals surface area contributed by atoms with Crippen molar-refractivity contribution < 1.29 is 5.11 Å². The maximum absolute atomic E-state index is 10.4. The SMILES string of the molecule is CCC(C)(C)c1ccc(C(O)Cc2ccccc2C)cc1. The molecule has 0 fully saturated rings. The Morgan fingerprint density at radius 3 is 2.19 bits per heavy atom. The zero-order chi connectivity index (χ0) is 15.5. The number of aliphatic hydroxyl groups excluding tert-OH is 1. The molecule has 0 aliphatic rings. The van der Waals surface area contributed by atoms with Gasteiger partial charge in [-0.25, -0.2) is 0 Å². The van der Waals surface area contributed by atoms with Crippen molar-refractivity contribution in [2.24, 2.45) is 0 Å². The summed E-state index contributed by atoms with van der Waals surface area (Å²) in [5.41, 5.74) is 4.97. The molecule has 0 heterocycles. The summed E-state index contributed by atoms with van der Waals surface area (Å²) in [6, 6.07) is 16.7. The van der Waals surface area contributed by atoms with E-state index in [0.717, 1.165) is 12.0 Å². The van der Waals surface area contributed by atoms with E-state index < -0.39 is 6.10 Å². The molecule has 0 saturated heterocycles. The number of aryl methyl sites for hydroxylation is 1. The molecular weight excluding hydrogens is 256 g/mol. The number of hydrogen-bond acceptors (Lipinski definition) is 1. The largest absolute Gasteiger partial charge is 0.388 e. The highest BCUT2D eigenvalue weighted by molar-refractivity contribution is 5.32. The van der Waals surface area contributed by atoms with Gasteiger partial charge >= 0.3 is 0 Å². The molecule has 0 aliphatic carbocycles. The molecule has 1 N–H and O–H groups in total. The fourth-order valence-corrected chi connectivity index (χ4v) is 2.53. The Labute approximate surface area is 128 Å². The standard InChI is InChI=1S/C20H26O/c1-5-20(3,4)18-12-10-16(11-13-18)19(21)14-17-9-7-6-8-15(17)2/h6-13,19,21H,5,14H2,1-4H3. The van der Waals surface area contributed by atoms with Gasteiger partial charge in [-0.05, 0) is 41.0 Å². The van der Waals surface area contributed by atoms with E-state index in [2.05, 4.69) is 64.1 Å². The first-order valence-electron chi connectivity index (χ1n) is 7.77. The molecule has 112 valence electrons. The molecular formula is C20H26O. The van der Waals surface area contributed by atoms with E-state index >= 15 is 0 Å². The Balaban J connectivity index is 2.14. The van der Waals surface area contributed by atoms with E-state index in [-0.39, 0.29) is 5.41 Å². The molecule has 1 atom stereocenters. The third kappa shape index (κ3) is 3.74. The third-order valence-electron chi connectivity index (χ3n) is 4.64. The van der Waals surface area contributed by atoms with Crippen molar-refractivity contribution in [3.63, 3.8) is 0 Å². The molecule has 2 aromatic rings. The molecule has 1 nitrogen and oxygen atoms in total. The molecule has 0 bridgehead atoms. The minimum absolute atomic E-state index is 0.194. The Bertz CT molecular complexity index is 581. The Morgan fingerprint density at radius 2 is 1.62 bits per heavy atom. The number of benzene rings is 2. The molecule has 0 radical (unpaired) electrons. The van der Waals surface area contributed by atoms with Crippen molar-refractivity contribution >= 4 is 0 Å². The first-order chi connectivity index (χ1) is 9.94. The van der Waals surface area contributed by atoms with Crippen LogP contribution in [0.15, 0.2) is 48.5 Å². The van der Waals surface area contributed by atoms with E-state index in [1.54, 1.807) is 0 Å². The molecule has 0 aliphatic heterocycles. The normalized spacial score (nSPS) is 13.2. The van der Waals surface area contributed by atoms with E-state index in [9.17, 15) is 5.11 Å². The van der Waals surface area contributed by atoms with Gasteiger partial charge in [-0.3, -0.25) is 0 Å². The lowest BCUT2D eigenvalue weighted by molar-refractivity contribution is 0.178. The topological polar surface area (TPSA) is 20.2 Å². The molecule has 1 heteroatoms. The van der Waals surface area contributed by atoms with Crippen LogP contribution in [0, 0.1) is 6.92 Å². The summed E-state index contributed by atoms with van der Waals surface area (Å²) >= 11 is 0. The predicted octanol–water partition coefficient (Wildman–Crippen LogP) is 4.96. The molecule has 0 spiro atoms. The van der Waals surface area contributed by atoms with Crippen LogP contribution in [-0.2, 0) is 11.8 Å². The van der Waals surface area contributed by atoms with Gasteiger partial charge < -0.3 is 5.11 Å². The smallest absolute Gasteiger partial charge is 0.0830 e. The minimum Gasteiger partial charge on any atom is -0.388 e. The van der Waals surface area contributed by atoms with Gasteiger partial charge in [-0.2, -0.15) is 0 Å². The molecule has 2 aromatic carbocycles. The van der Waals surface area contributed by atoms with Crippen LogP contribution in [-0.4, -0.2) is 5.11 Å². The van der Waals surface area contributed by atoms with Crippen LogP contribution < -0.4 is 0 Å². The Hall–Kier alpha value is -1.60. The summed E-state index contributed by atoms with van der Waals surface area (Å²) in [4.78, 5) is 0. The quantitative estimate of drug-likeness (QED) is 0.822. The zero-order valence-electron chi connectivity index (χ0n) is 13.6. The zero-order valence-corrected chi connectivity index (χ0v) is 13.6. The fraction of sp³-hybridized carbons (Fsp3) is 0.400. The second-order valence-electron chi connectivity index (χ2n) is 6.51. The van der Waals surface area contributed by atoms with Crippen LogP contribution in [0.1, 0.15) is 55.5 Å². The first kappa shape index (κ1) is 15.8. The van der Waals surface area contributed by atoms with E-state index in [4.69, 9.17) is 0 Å². The van der Waals surface area contributed by atoms with Crippen molar-refractivity contribution in [1.82, 2.24) is 0 Å². The predicted molar refractivity (Wildman–Crippen MR) is 89.6 cm³/mol. The van der Waals surface area contributed by atoms with Crippen molar-refractivity contribution in [1.29, 1.82) is 0 Å². The molecule has 21 heavy (non-hydrogen) atoms. The summed E-state index contributed by atoms with van der Waals surface area (Å²) < 4.78 is 0. The highest BCUT2D eigenvalue weighted by atomic mass is 16.3. The van der Waals surface area contributed by atoms with Crippen LogP contribution >= 0.6 is 0 Å². The highest BCUT2D eigenvalue weighted by Crippen LogP contribution is 2.28. The van der Waals surface area contributed by atoms with Gasteiger partial charge in [0.05, 0.1) is 6.10 Å². The van der Waals surface area contributed by atoms with Gasteiger partial charge in [-0.1, -0.05) is 69.3 Å². The van der Waals surface area contributed by atoms with Crippen LogP contribution in [0.3, 0.4) is 0 Å². The van der Waals surface area contributed by atoms with Crippen LogP contribution in [0.5, 0.6) is 0 Å². The van der Waals surface area contributed by atoms with Gasteiger partial charge in [-0.15, -0.1) is 0 Å². The number of hydrogen-bond donors (Lipinski definition) is 1. The Morgan fingerprint density at radius 1 is 1.00 bits per heavy atom. The second kappa shape index (κ2) is 6.44. The summed E-state index contributed by atoms with van der Waals surface area (Å²) in [5, 5.41) is 10.4. The van der Waals surface area contributed by atoms with Gasteiger partial charge in [0.15, 0.2) is 0 Å². The van der Waals surface area contributed by atoms with Gasteiger partial charge in [0.1, 0.15) is 0 Å². The lowest BCUT2D eigenvalue weighted by Crippen LogP contribution is -2.15. The average molecular weight is 282 g/mol. The summed E-state index contributed by atoms with van der Waals surface area (Å²) in [5.74, 6) is 0. The van der Waals surface area contributed by atoms with Crippen molar-refractivity contribution in [3.8, 4) is 0 Å². The Kier molecular flexibility index (Phi) is 4.84. The van der Waals surface area contributed by atoms with Crippen LogP contribution in [0.2, 0.25) is 0 Å². The minimum atomic E-state index is -0.440. The molecule has 0 aromatic heterocycles. The van der Waals surface area contributed by atoms with Gasteiger partial charge in [0.2, 0.25) is 0 Å². The maximum atomic E-state index is 10.4. The van der Waals surface area contributed by atoms with E-state index in [1.165, 1.54) is 16.7 Å². The fourth-order valence-electron chi connectivity index (χ4n) is 2.53. The third-order valence-corrected chi connectivity index (χ3v) is 4.64. The molecule has 2 rings (SSSR count). The monoisotopic (exact) mass is 282 g/mol. The van der Waals surface area contributed by atoms with Crippen molar-refractivity contribution in [3.05, 3.63) is 70.8 Å². The second-order valence-corrected chi connectivity index (χ2v) is 6.51.